The minimum atomic E-state index is 0.151. The quantitative estimate of drug-likeness (QED) is 0.689. The third-order valence-corrected chi connectivity index (χ3v) is 3.72. The first-order valence-corrected chi connectivity index (χ1v) is 7.29. The summed E-state index contributed by atoms with van der Waals surface area (Å²) < 4.78 is 5.75. The van der Waals surface area contributed by atoms with E-state index in [1.54, 1.807) is 6.07 Å². The summed E-state index contributed by atoms with van der Waals surface area (Å²) in [4.78, 5) is 0. The molecule has 2 aromatic carbocycles. The standard InChI is InChI=1S/C17H18Cl2O/c1-17(2,3)13-5-8-15(9-6-13)20-11-12-4-7-14(18)10-16(12)19/h4-10H,11H2,1-3H3. The molecule has 0 heterocycles. The van der Waals surface area contributed by atoms with Crippen molar-refractivity contribution < 1.29 is 4.74 Å². The predicted octanol–water partition coefficient (Wildman–Crippen LogP) is 5.87. The van der Waals surface area contributed by atoms with Gasteiger partial charge in [-0.05, 0) is 35.2 Å². The minimum Gasteiger partial charge on any atom is -0.489 e. The second-order valence-electron chi connectivity index (χ2n) is 5.80. The number of ether oxygens (including phenoxy) is 1. The Bertz CT molecular complexity index is 583. The molecule has 0 unspecified atom stereocenters. The van der Waals surface area contributed by atoms with Crippen molar-refractivity contribution in [2.75, 3.05) is 0 Å². The smallest absolute Gasteiger partial charge is 0.119 e. The first-order chi connectivity index (χ1) is 9.36. The maximum absolute atomic E-state index is 6.12. The van der Waals surface area contributed by atoms with Gasteiger partial charge < -0.3 is 4.74 Å². The van der Waals surface area contributed by atoms with E-state index in [9.17, 15) is 0 Å². The van der Waals surface area contributed by atoms with Gasteiger partial charge in [-0.2, -0.15) is 0 Å². The predicted molar refractivity (Wildman–Crippen MR) is 85.9 cm³/mol. The van der Waals surface area contributed by atoms with Crippen LogP contribution in [-0.4, -0.2) is 0 Å². The summed E-state index contributed by atoms with van der Waals surface area (Å²) in [6.07, 6.45) is 0. The lowest BCUT2D eigenvalue weighted by Gasteiger charge is -2.19. The topological polar surface area (TPSA) is 9.23 Å². The van der Waals surface area contributed by atoms with E-state index in [0.29, 0.717) is 16.7 Å². The van der Waals surface area contributed by atoms with Gasteiger partial charge in [0.25, 0.3) is 0 Å². The molecule has 2 rings (SSSR count). The van der Waals surface area contributed by atoms with Crippen molar-refractivity contribution in [1.29, 1.82) is 0 Å². The van der Waals surface area contributed by atoms with Crippen molar-refractivity contribution in [3.05, 3.63) is 63.6 Å². The molecule has 0 N–H and O–H groups in total. The van der Waals surface area contributed by atoms with Crippen LogP contribution in [0.1, 0.15) is 31.9 Å². The lowest BCUT2D eigenvalue weighted by molar-refractivity contribution is 0.306. The van der Waals surface area contributed by atoms with E-state index in [2.05, 4.69) is 32.9 Å². The fourth-order valence-corrected chi connectivity index (χ4v) is 2.31. The normalized spacial score (nSPS) is 11.4. The molecule has 0 aliphatic rings. The molecule has 0 aliphatic heterocycles. The molecule has 0 fully saturated rings. The summed E-state index contributed by atoms with van der Waals surface area (Å²) >= 11 is 12.0. The Morgan fingerprint density at radius 1 is 0.950 bits per heavy atom. The van der Waals surface area contributed by atoms with Crippen molar-refractivity contribution in [1.82, 2.24) is 0 Å². The molecule has 20 heavy (non-hydrogen) atoms. The highest BCUT2D eigenvalue weighted by atomic mass is 35.5. The zero-order valence-corrected chi connectivity index (χ0v) is 13.4. The number of hydrogen-bond donors (Lipinski definition) is 0. The second-order valence-corrected chi connectivity index (χ2v) is 6.64. The highest BCUT2D eigenvalue weighted by molar-refractivity contribution is 6.35. The third-order valence-electron chi connectivity index (χ3n) is 3.13. The summed E-state index contributed by atoms with van der Waals surface area (Å²) in [5.41, 5.74) is 2.36. The average molecular weight is 309 g/mol. The van der Waals surface area contributed by atoms with Gasteiger partial charge in [-0.15, -0.1) is 0 Å². The molecule has 3 heteroatoms. The van der Waals surface area contributed by atoms with Gasteiger partial charge in [0.15, 0.2) is 0 Å². The van der Waals surface area contributed by atoms with Crippen LogP contribution in [0.5, 0.6) is 5.75 Å². The van der Waals surface area contributed by atoms with Gasteiger partial charge in [-0.25, -0.2) is 0 Å². The van der Waals surface area contributed by atoms with Crippen LogP contribution in [0.25, 0.3) is 0 Å². The molecule has 0 saturated heterocycles. The van der Waals surface area contributed by atoms with Crippen LogP contribution in [0.15, 0.2) is 42.5 Å². The van der Waals surface area contributed by atoms with Gasteiger partial charge >= 0.3 is 0 Å². The molecule has 0 radical (unpaired) electrons. The number of halogens is 2. The molecule has 1 nitrogen and oxygen atoms in total. The molecule has 2 aromatic rings. The van der Waals surface area contributed by atoms with Crippen molar-refractivity contribution in [2.45, 2.75) is 32.8 Å². The van der Waals surface area contributed by atoms with Crippen LogP contribution in [0, 0.1) is 0 Å². The maximum Gasteiger partial charge on any atom is 0.119 e. The Morgan fingerprint density at radius 3 is 2.15 bits per heavy atom. The fraction of sp³-hybridized carbons (Fsp3) is 0.294. The van der Waals surface area contributed by atoms with E-state index < -0.39 is 0 Å². The molecule has 106 valence electrons. The fourth-order valence-electron chi connectivity index (χ4n) is 1.85. The van der Waals surface area contributed by atoms with E-state index in [4.69, 9.17) is 27.9 Å². The molecule has 0 aromatic heterocycles. The van der Waals surface area contributed by atoms with Gasteiger partial charge in [-0.3, -0.25) is 0 Å². The van der Waals surface area contributed by atoms with Crippen LogP contribution in [-0.2, 0) is 12.0 Å². The molecule has 0 bridgehead atoms. The Hall–Kier alpha value is -1.18. The molecule has 0 saturated carbocycles. The lowest BCUT2D eigenvalue weighted by Crippen LogP contribution is -2.10. The van der Waals surface area contributed by atoms with Crippen LogP contribution in [0.2, 0.25) is 10.0 Å². The molecule has 0 aliphatic carbocycles. The zero-order chi connectivity index (χ0) is 14.8. The van der Waals surface area contributed by atoms with Crippen LogP contribution >= 0.6 is 23.2 Å². The first-order valence-electron chi connectivity index (χ1n) is 6.53. The van der Waals surface area contributed by atoms with E-state index in [1.807, 2.05) is 24.3 Å². The van der Waals surface area contributed by atoms with Crippen LogP contribution in [0.4, 0.5) is 0 Å². The largest absolute Gasteiger partial charge is 0.489 e. The Kier molecular flexibility index (Phi) is 4.62. The maximum atomic E-state index is 6.12. The highest BCUT2D eigenvalue weighted by Crippen LogP contribution is 2.26. The Labute approximate surface area is 130 Å². The average Bonchev–Trinajstić information content (AvgIpc) is 2.37. The molecular formula is C17H18Cl2O. The Balaban J connectivity index is 2.04. The zero-order valence-electron chi connectivity index (χ0n) is 11.9. The monoisotopic (exact) mass is 308 g/mol. The highest BCUT2D eigenvalue weighted by Gasteiger charge is 2.13. The van der Waals surface area contributed by atoms with Crippen molar-refractivity contribution in [3.8, 4) is 5.75 Å². The SMILES string of the molecule is CC(C)(C)c1ccc(OCc2ccc(Cl)cc2Cl)cc1. The summed E-state index contributed by atoms with van der Waals surface area (Å²) in [5, 5.41) is 1.26. The van der Waals surface area contributed by atoms with Gasteiger partial charge in [0, 0.05) is 15.6 Å². The van der Waals surface area contributed by atoms with E-state index in [0.717, 1.165) is 11.3 Å². The van der Waals surface area contributed by atoms with Gasteiger partial charge in [0.1, 0.15) is 12.4 Å². The summed E-state index contributed by atoms with van der Waals surface area (Å²) in [7, 11) is 0. The molecule has 0 spiro atoms. The van der Waals surface area contributed by atoms with Gasteiger partial charge in [0.05, 0.1) is 0 Å². The van der Waals surface area contributed by atoms with Crippen molar-refractivity contribution in [3.63, 3.8) is 0 Å². The minimum absolute atomic E-state index is 0.151. The van der Waals surface area contributed by atoms with Crippen molar-refractivity contribution in [2.24, 2.45) is 0 Å². The first kappa shape index (κ1) is 15.2. The third kappa shape index (κ3) is 3.91. The van der Waals surface area contributed by atoms with E-state index in [1.165, 1.54) is 5.56 Å². The summed E-state index contributed by atoms with van der Waals surface area (Å²) in [6.45, 7) is 7.01. The Morgan fingerprint density at radius 2 is 1.60 bits per heavy atom. The van der Waals surface area contributed by atoms with Crippen LogP contribution < -0.4 is 4.74 Å². The van der Waals surface area contributed by atoms with Crippen LogP contribution in [0.3, 0.4) is 0 Å². The molecule has 0 amide bonds. The summed E-state index contributed by atoms with van der Waals surface area (Å²) in [6, 6.07) is 13.6. The number of hydrogen-bond acceptors (Lipinski definition) is 1. The number of rotatable bonds is 3. The molecule has 0 atom stereocenters. The second kappa shape index (κ2) is 6.07. The van der Waals surface area contributed by atoms with E-state index >= 15 is 0 Å². The van der Waals surface area contributed by atoms with Gasteiger partial charge in [0.2, 0.25) is 0 Å². The number of benzene rings is 2. The van der Waals surface area contributed by atoms with Gasteiger partial charge in [-0.1, -0.05) is 62.2 Å². The molecular weight excluding hydrogens is 291 g/mol. The van der Waals surface area contributed by atoms with E-state index in [-0.39, 0.29) is 5.41 Å². The summed E-state index contributed by atoms with van der Waals surface area (Å²) in [5.74, 6) is 0.837. The van der Waals surface area contributed by atoms with Crippen molar-refractivity contribution >= 4 is 23.2 Å². The lowest BCUT2D eigenvalue weighted by atomic mass is 9.87.